The number of imide groups is 1. The molecular weight excluding hydrogens is 242 g/mol. The number of hydrogen-bond acceptors (Lipinski definition) is 3. The van der Waals surface area contributed by atoms with Crippen molar-refractivity contribution in [1.82, 2.24) is 4.90 Å². The Balaban J connectivity index is 2.56. The Morgan fingerprint density at radius 3 is 1.79 bits per heavy atom. The van der Waals surface area contributed by atoms with E-state index < -0.39 is 6.04 Å². The number of aliphatic hydroxyl groups excluding tert-OH is 1. The van der Waals surface area contributed by atoms with Crippen LogP contribution in [0.5, 0.6) is 0 Å². The summed E-state index contributed by atoms with van der Waals surface area (Å²) in [4.78, 5) is 26.2. The standard InChI is InChI=1S/C15H19NO3/c1-8(2)11(7-17)16-14(18)12-9(3)5-6-10(4)13(12)15(16)19/h5-6,8,11,17H,7H2,1-4H3/t11-/m0/s1. The van der Waals surface area contributed by atoms with E-state index in [2.05, 4.69) is 0 Å². The molecule has 1 aromatic carbocycles. The minimum atomic E-state index is -0.466. The van der Waals surface area contributed by atoms with Crippen molar-refractivity contribution in [2.45, 2.75) is 33.7 Å². The molecule has 19 heavy (non-hydrogen) atoms. The first kappa shape index (κ1) is 13.7. The quantitative estimate of drug-likeness (QED) is 0.846. The second kappa shape index (κ2) is 4.78. The van der Waals surface area contributed by atoms with Crippen molar-refractivity contribution >= 4 is 11.8 Å². The molecule has 4 nitrogen and oxygen atoms in total. The van der Waals surface area contributed by atoms with Gasteiger partial charge in [-0.25, -0.2) is 0 Å². The molecule has 0 fully saturated rings. The van der Waals surface area contributed by atoms with Gasteiger partial charge in [-0.2, -0.15) is 0 Å². The lowest BCUT2D eigenvalue weighted by Crippen LogP contribution is -2.45. The molecule has 0 unspecified atom stereocenters. The van der Waals surface area contributed by atoms with Gasteiger partial charge in [-0.15, -0.1) is 0 Å². The zero-order valence-electron chi connectivity index (χ0n) is 11.7. The second-order valence-corrected chi connectivity index (χ2v) is 5.42. The summed E-state index contributed by atoms with van der Waals surface area (Å²) in [6, 6.07) is 3.24. The van der Waals surface area contributed by atoms with Crippen molar-refractivity contribution in [2.24, 2.45) is 5.92 Å². The summed E-state index contributed by atoms with van der Waals surface area (Å²) in [5.41, 5.74) is 2.59. The molecule has 1 aliphatic heterocycles. The number of carbonyl (C=O) groups is 2. The lowest BCUT2D eigenvalue weighted by Gasteiger charge is -2.27. The highest BCUT2D eigenvalue weighted by Gasteiger charge is 2.42. The first-order valence-corrected chi connectivity index (χ1v) is 6.49. The van der Waals surface area contributed by atoms with Crippen LogP contribution in [0, 0.1) is 19.8 Å². The largest absolute Gasteiger partial charge is 0.394 e. The van der Waals surface area contributed by atoms with Gasteiger partial charge in [0, 0.05) is 0 Å². The first-order valence-electron chi connectivity index (χ1n) is 6.49. The van der Waals surface area contributed by atoms with Crippen molar-refractivity contribution in [3.05, 3.63) is 34.4 Å². The third kappa shape index (κ3) is 1.96. The molecule has 1 N–H and O–H groups in total. The number of benzene rings is 1. The summed E-state index contributed by atoms with van der Waals surface area (Å²) >= 11 is 0. The van der Waals surface area contributed by atoms with Crippen LogP contribution in [0.4, 0.5) is 0 Å². The zero-order valence-corrected chi connectivity index (χ0v) is 11.7. The number of fused-ring (bicyclic) bond motifs is 1. The van der Waals surface area contributed by atoms with Crippen LogP contribution < -0.4 is 0 Å². The molecule has 4 heteroatoms. The van der Waals surface area contributed by atoms with Crippen LogP contribution in [-0.2, 0) is 0 Å². The number of nitrogens with zero attached hydrogens (tertiary/aromatic N) is 1. The topological polar surface area (TPSA) is 57.6 Å². The average Bonchev–Trinajstić information content (AvgIpc) is 2.60. The highest BCUT2D eigenvalue weighted by atomic mass is 16.3. The molecule has 0 saturated carbocycles. The Morgan fingerprint density at radius 2 is 1.47 bits per heavy atom. The number of hydrogen-bond donors (Lipinski definition) is 1. The molecule has 0 aliphatic carbocycles. The maximum atomic E-state index is 12.5. The minimum absolute atomic E-state index is 0.0211. The highest BCUT2D eigenvalue weighted by Crippen LogP contribution is 2.31. The molecule has 2 rings (SSSR count). The summed E-state index contributed by atoms with van der Waals surface area (Å²) in [6.45, 7) is 7.24. The van der Waals surface area contributed by atoms with E-state index in [9.17, 15) is 14.7 Å². The van der Waals surface area contributed by atoms with Gasteiger partial charge in [0.15, 0.2) is 0 Å². The number of amides is 2. The van der Waals surface area contributed by atoms with Crippen LogP contribution in [0.15, 0.2) is 12.1 Å². The van der Waals surface area contributed by atoms with Gasteiger partial charge in [0.25, 0.3) is 11.8 Å². The van der Waals surface area contributed by atoms with Gasteiger partial charge in [-0.1, -0.05) is 26.0 Å². The van der Waals surface area contributed by atoms with Gasteiger partial charge in [0.05, 0.1) is 23.8 Å². The van der Waals surface area contributed by atoms with E-state index in [0.717, 1.165) is 11.1 Å². The maximum Gasteiger partial charge on any atom is 0.262 e. The number of rotatable bonds is 3. The highest BCUT2D eigenvalue weighted by molar-refractivity contribution is 6.22. The van der Waals surface area contributed by atoms with E-state index in [1.54, 1.807) is 0 Å². The third-order valence-electron chi connectivity index (χ3n) is 3.78. The monoisotopic (exact) mass is 261 g/mol. The van der Waals surface area contributed by atoms with Gasteiger partial charge in [0.1, 0.15) is 0 Å². The van der Waals surface area contributed by atoms with Gasteiger partial charge in [0.2, 0.25) is 0 Å². The Bertz CT molecular complexity index is 508. The summed E-state index contributed by atoms with van der Waals surface area (Å²) in [6.07, 6.45) is 0. The van der Waals surface area contributed by atoms with Crippen LogP contribution >= 0.6 is 0 Å². The molecule has 1 atom stereocenters. The van der Waals surface area contributed by atoms with E-state index in [0.29, 0.717) is 11.1 Å². The van der Waals surface area contributed by atoms with E-state index >= 15 is 0 Å². The van der Waals surface area contributed by atoms with Crippen LogP contribution in [0.3, 0.4) is 0 Å². The van der Waals surface area contributed by atoms with Crippen LogP contribution in [-0.4, -0.2) is 34.5 Å². The van der Waals surface area contributed by atoms with Crippen LogP contribution in [0.2, 0.25) is 0 Å². The lowest BCUT2D eigenvalue weighted by molar-refractivity contribution is 0.0451. The third-order valence-corrected chi connectivity index (χ3v) is 3.78. The molecule has 0 spiro atoms. The smallest absolute Gasteiger partial charge is 0.262 e. The minimum Gasteiger partial charge on any atom is -0.394 e. The van der Waals surface area contributed by atoms with E-state index in [-0.39, 0.29) is 24.3 Å². The molecule has 0 radical (unpaired) electrons. The van der Waals surface area contributed by atoms with Crippen molar-refractivity contribution in [1.29, 1.82) is 0 Å². The Hall–Kier alpha value is -1.68. The molecule has 1 heterocycles. The fraction of sp³-hybridized carbons (Fsp3) is 0.467. The Labute approximate surface area is 113 Å². The summed E-state index contributed by atoms with van der Waals surface area (Å²) in [7, 11) is 0. The van der Waals surface area contributed by atoms with Crippen molar-refractivity contribution in [2.75, 3.05) is 6.61 Å². The fourth-order valence-electron chi connectivity index (χ4n) is 2.59. The molecule has 102 valence electrons. The van der Waals surface area contributed by atoms with Gasteiger partial charge >= 0.3 is 0 Å². The molecule has 1 aromatic rings. The Morgan fingerprint density at radius 1 is 1.05 bits per heavy atom. The zero-order chi connectivity index (χ0) is 14.3. The van der Waals surface area contributed by atoms with E-state index in [4.69, 9.17) is 0 Å². The molecule has 2 amide bonds. The summed E-state index contributed by atoms with van der Waals surface area (Å²) < 4.78 is 0. The van der Waals surface area contributed by atoms with Gasteiger partial charge in [-0.05, 0) is 30.9 Å². The van der Waals surface area contributed by atoms with Gasteiger partial charge < -0.3 is 5.11 Å². The molecule has 1 aliphatic rings. The van der Waals surface area contributed by atoms with E-state index in [1.165, 1.54) is 4.90 Å². The lowest BCUT2D eigenvalue weighted by atomic mass is 9.99. The number of aryl methyl sites for hydroxylation is 2. The van der Waals surface area contributed by atoms with Gasteiger partial charge in [-0.3, -0.25) is 14.5 Å². The molecular formula is C15H19NO3. The average molecular weight is 261 g/mol. The van der Waals surface area contributed by atoms with Crippen LogP contribution in [0.25, 0.3) is 0 Å². The predicted molar refractivity (Wildman–Crippen MR) is 72.1 cm³/mol. The molecule has 0 bridgehead atoms. The molecule has 0 saturated heterocycles. The Kier molecular flexibility index (Phi) is 3.45. The van der Waals surface area contributed by atoms with Crippen molar-refractivity contribution in [3.63, 3.8) is 0 Å². The van der Waals surface area contributed by atoms with Crippen LogP contribution in [0.1, 0.15) is 45.7 Å². The van der Waals surface area contributed by atoms with Crippen molar-refractivity contribution < 1.29 is 14.7 Å². The SMILES string of the molecule is Cc1ccc(C)c2c1C(=O)N([C@@H](CO)C(C)C)C2=O. The number of carbonyl (C=O) groups excluding carboxylic acids is 2. The first-order chi connectivity index (χ1) is 8.90. The second-order valence-electron chi connectivity index (χ2n) is 5.42. The predicted octanol–water partition coefficient (Wildman–Crippen LogP) is 1.92. The van der Waals surface area contributed by atoms with E-state index in [1.807, 2.05) is 39.8 Å². The number of aliphatic hydroxyl groups is 1. The van der Waals surface area contributed by atoms with Crippen molar-refractivity contribution in [3.8, 4) is 0 Å². The summed E-state index contributed by atoms with van der Waals surface area (Å²) in [5.74, 6) is -0.546. The molecule has 0 aromatic heterocycles. The maximum absolute atomic E-state index is 12.5. The fourth-order valence-corrected chi connectivity index (χ4v) is 2.59. The normalized spacial score (nSPS) is 16.2. The summed E-state index contributed by atoms with van der Waals surface area (Å²) in [5, 5.41) is 9.46.